The van der Waals surface area contributed by atoms with E-state index in [1.807, 2.05) is 0 Å². The lowest BCUT2D eigenvalue weighted by Gasteiger charge is -2.39. The standard InChI is InChI=1S/C16H21NO8/c1-8(18)17-10-3-5-11(6-4-10)24-16-15(22)14(21)13(20)12(25-16)7-23-9(2)19/h3-6,12-16,20-22H,7H2,1-2H3,(H,17,18)/t12?,13-,14?,15+,16+/m1/s1. The number of hydrogen-bond donors (Lipinski definition) is 4. The Labute approximate surface area is 144 Å². The molecule has 1 aliphatic heterocycles. The van der Waals surface area contributed by atoms with Crippen LogP contribution in [0.5, 0.6) is 5.75 Å². The molecule has 1 heterocycles. The minimum Gasteiger partial charge on any atom is -0.463 e. The Kier molecular flexibility index (Phi) is 6.32. The molecule has 1 aromatic rings. The van der Waals surface area contributed by atoms with Gasteiger partial charge in [-0.2, -0.15) is 0 Å². The van der Waals surface area contributed by atoms with Crippen molar-refractivity contribution in [2.75, 3.05) is 11.9 Å². The van der Waals surface area contributed by atoms with E-state index in [1.165, 1.54) is 13.8 Å². The number of aliphatic hydroxyl groups is 3. The van der Waals surface area contributed by atoms with Crippen molar-refractivity contribution < 1.29 is 39.1 Å². The Balaban J connectivity index is 2.03. The van der Waals surface area contributed by atoms with Gasteiger partial charge < -0.3 is 34.8 Å². The fraction of sp³-hybridized carbons (Fsp3) is 0.500. The quantitative estimate of drug-likeness (QED) is 0.514. The molecule has 0 aromatic heterocycles. The number of rotatable bonds is 5. The molecule has 138 valence electrons. The maximum Gasteiger partial charge on any atom is 0.302 e. The predicted molar refractivity (Wildman–Crippen MR) is 84.7 cm³/mol. The first-order valence-electron chi connectivity index (χ1n) is 7.65. The van der Waals surface area contributed by atoms with E-state index < -0.39 is 36.7 Å². The summed E-state index contributed by atoms with van der Waals surface area (Å²) < 4.78 is 15.7. The lowest BCUT2D eigenvalue weighted by atomic mass is 9.99. The summed E-state index contributed by atoms with van der Waals surface area (Å²) in [5, 5.41) is 32.4. The van der Waals surface area contributed by atoms with E-state index in [4.69, 9.17) is 14.2 Å². The highest BCUT2D eigenvalue weighted by molar-refractivity contribution is 5.88. The molecule has 5 atom stereocenters. The van der Waals surface area contributed by atoms with Crippen LogP contribution in [-0.2, 0) is 19.1 Å². The van der Waals surface area contributed by atoms with Crippen molar-refractivity contribution in [1.29, 1.82) is 0 Å². The molecule has 4 N–H and O–H groups in total. The average molecular weight is 355 g/mol. The summed E-state index contributed by atoms with van der Waals surface area (Å²) in [6.45, 7) is 2.29. The van der Waals surface area contributed by atoms with Gasteiger partial charge in [0.1, 0.15) is 36.8 Å². The van der Waals surface area contributed by atoms with Gasteiger partial charge in [-0.25, -0.2) is 0 Å². The van der Waals surface area contributed by atoms with Crippen LogP contribution in [0.3, 0.4) is 0 Å². The highest BCUT2D eigenvalue weighted by Crippen LogP contribution is 2.25. The number of carbonyl (C=O) groups excluding carboxylic acids is 2. The number of nitrogens with one attached hydrogen (secondary N) is 1. The number of hydrogen-bond acceptors (Lipinski definition) is 8. The van der Waals surface area contributed by atoms with Crippen LogP contribution >= 0.6 is 0 Å². The van der Waals surface area contributed by atoms with Crippen molar-refractivity contribution in [2.24, 2.45) is 0 Å². The van der Waals surface area contributed by atoms with Crippen LogP contribution in [0.1, 0.15) is 13.8 Å². The van der Waals surface area contributed by atoms with Crippen LogP contribution in [-0.4, -0.2) is 64.5 Å². The van der Waals surface area contributed by atoms with E-state index in [1.54, 1.807) is 24.3 Å². The van der Waals surface area contributed by atoms with Gasteiger partial charge in [-0.15, -0.1) is 0 Å². The van der Waals surface area contributed by atoms with Crippen LogP contribution in [0.4, 0.5) is 5.69 Å². The molecule has 25 heavy (non-hydrogen) atoms. The molecule has 1 aromatic carbocycles. The molecule has 1 saturated heterocycles. The van der Waals surface area contributed by atoms with Crippen molar-refractivity contribution >= 4 is 17.6 Å². The summed E-state index contributed by atoms with van der Waals surface area (Å²) >= 11 is 0. The maximum absolute atomic E-state index is 11.0. The van der Waals surface area contributed by atoms with Gasteiger partial charge in [-0.3, -0.25) is 9.59 Å². The Bertz CT molecular complexity index is 605. The Morgan fingerprint density at radius 3 is 2.28 bits per heavy atom. The van der Waals surface area contributed by atoms with Crippen LogP contribution in [0, 0.1) is 0 Å². The summed E-state index contributed by atoms with van der Waals surface area (Å²) in [6.07, 6.45) is -6.79. The third kappa shape index (κ3) is 5.13. The van der Waals surface area contributed by atoms with Gasteiger partial charge in [-0.1, -0.05) is 0 Å². The summed E-state index contributed by atoms with van der Waals surface area (Å²) in [4.78, 5) is 21.9. The summed E-state index contributed by atoms with van der Waals surface area (Å²) in [6, 6.07) is 6.26. The first-order valence-corrected chi connectivity index (χ1v) is 7.65. The van der Waals surface area contributed by atoms with E-state index in [9.17, 15) is 24.9 Å². The van der Waals surface area contributed by atoms with Gasteiger partial charge in [-0.05, 0) is 24.3 Å². The molecule has 1 fully saturated rings. The van der Waals surface area contributed by atoms with E-state index >= 15 is 0 Å². The van der Waals surface area contributed by atoms with E-state index in [2.05, 4.69) is 5.32 Å². The maximum atomic E-state index is 11.0. The van der Waals surface area contributed by atoms with Crippen molar-refractivity contribution in [3.8, 4) is 5.75 Å². The molecule has 2 unspecified atom stereocenters. The normalized spacial score (nSPS) is 28.9. The van der Waals surface area contributed by atoms with Crippen molar-refractivity contribution in [3.63, 3.8) is 0 Å². The third-order valence-corrected chi connectivity index (χ3v) is 3.55. The van der Waals surface area contributed by atoms with Gasteiger partial charge in [0.05, 0.1) is 0 Å². The number of benzene rings is 1. The number of aliphatic hydroxyl groups excluding tert-OH is 3. The second kappa shape index (κ2) is 8.26. The molecule has 0 bridgehead atoms. The van der Waals surface area contributed by atoms with Crippen LogP contribution in [0.15, 0.2) is 24.3 Å². The van der Waals surface area contributed by atoms with E-state index in [0.717, 1.165) is 0 Å². The Hall–Kier alpha value is -2.20. The Morgan fingerprint density at radius 1 is 1.08 bits per heavy atom. The lowest BCUT2D eigenvalue weighted by Crippen LogP contribution is -2.60. The van der Waals surface area contributed by atoms with E-state index in [-0.39, 0.29) is 12.5 Å². The smallest absolute Gasteiger partial charge is 0.302 e. The van der Waals surface area contributed by atoms with Gasteiger partial charge in [0.25, 0.3) is 0 Å². The number of esters is 1. The van der Waals surface area contributed by atoms with Crippen molar-refractivity contribution in [1.82, 2.24) is 0 Å². The molecule has 9 heteroatoms. The van der Waals surface area contributed by atoms with Crippen LogP contribution in [0.2, 0.25) is 0 Å². The first kappa shape index (κ1) is 19.1. The lowest BCUT2D eigenvalue weighted by molar-refractivity contribution is -0.278. The predicted octanol–water partition coefficient (Wildman–Crippen LogP) is -0.606. The minimum absolute atomic E-state index is 0.217. The number of carbonyl (C=O) groups is 2. The second-order valence-electron chi connectivity index (χ2n) is 5.64. The molecule has 0 saturated carbocycles. The van der Waals surface area contributed by atoms with Crippen LogP contribution < -0.4 is 10.1 Å². The Morgan fingerprint density at radius 2 is 1.72 bits per heavy atom. The highest BCUT2D eigenvalue weighted by atomic mass is 16.7. The summed E-state index contributed by atoms with van der Waals surface area (Å²) in [5.41, 5.74) is 0.563. The zero-order chi connectivity index (χ0) is 18.6. The fourth-order valence-electron chi connectivity index (χ4n) is 2.31. The topological polar surface area (TPSA) is 135 Å². The molecule has 1 amide bonds. The van der Waals surface area contributed by atoms with Gasteiger partial charge >= 0.3 is 5.97 Å². The fourth-order valence-corrected chi connectivity index (χ4v) is 2.31. The van der Waals surface area contributed by atoms with Gasteiger partial charge in [0.2, 0.25) is 12.2 Å². The molecule has 2 rings (SSSR count). The average Bonchev–Trinajstić information content (AvgIpc) is 2.55. The number of ether oxygens (including phenoxy) is 3. The van der Waals surface area contributed by atoms with Gasteiger partial charge in [0, 0.05) is 19.5 Å². The first-order chi connectivity index (χ1) is 11.8. The third-order valence-electron chi connectivity index (χ3n) is 3.55. The molecule has 9 nitrogen and oxygen atoms in total. The number of anilines is 1. The SMILES string of the molecule is CC(=O)Nc1ccc(O[C@H]2OC(COC(C)=O)[C@@H](O)C(O)[C@@H]2O)cc1. The van der Waals surface area contributed by atoms with Crippen molar-refractivity contribution in [3.05, 3.63) is 24.3 Å². The second-order valence-corrected chi connectivity index (χ2v) is 5.64. The highest BCUT2D eigenvalue weighted by Gasteiger charge is 2.45. The summed E-state index contributed by atoms with van der Waals surface area (Å²) in [5.74, 6) is -0.472. The molecule has 0 radical (unpaired) electrons. The zero-order valence-electron chi connectivity index (χ0n) is 13.8. The molecule has 0 spiro atoms. The monoisotopic (exact) mass is 355 g/mol. The zero-order valence-corrected chi connectivity index (χ0v) is 13.8. The van der Waals surface area contributed by atoms with Crippen molar-refractivity contribution in [2.45, 2.75) is 44.6 Å². The van der Waals surface area contributed by atoms with Gasteiger partial charge in [0.15, 0.2) is 0 Å². The largest absolute Gasteiger partial charge is 0.463 e. The number of amides is 1. The molecule has 0 aliphatic carbocycles. The van der Waals surface area contributed by atoms with Crippen LogP contribution in [0.25, 0.3) is 0 Å². The molecular weight excluding hydrogens is 334 g/mol. The molecular formula is C16H21NO8. The van der Waals surface area contributed by atoms with E-state index in [0.29, 0.717) is 11.4 Å². The minimum atomic E-state index is -1.53. The summed E-state index contributed by atoms with van der Waals surface area (Å²) in [7, 11) is 0. The molecule has 1 aliphatic rings.